The van der Waals surface area contributed by atoms with Crippen LogP contribution in [-0.4, -0.2) is 32.3 Å². The van der Waals surface area contributed by atoms with Crippen LogP contribution < -0.4 is 16.6 Å². The minimum Gasteiger partial charge on any atom is -0.368 e. The van der Waals surface area contributed by atoms with Crippen LogP contribution in [0.3, 0.4) is 0 Å². The molecule has 0 aliphatic heterocycles. The van der Waals surface area contributed by atoms with Crippen LogP contribution in [0.5, 0.6) is 0 Å². The molecular weight excluding hydrogens is 432 g/mol. The van der Waals surface area contributed by atoms with E-state index >= 15 is 0 Å². The monoisotopic (exact) mass is 462 g/mol. The number of nitrogens with zero attached hydrogens (tertiary/aromatic N) is 2. The van der Waals surface area contributed by atoms with E-state index in [1.807, 2.05) is 19.1 Å². The van der Waals surface area contributed by atoms with Crippen LogP contribution in [0, 0.1) is 6.92 Å². The van der Waals surface area contributed by atoms with E-state index in [0.29, 0.717) is 52.7 Å². The molecule has 1 saturated carbocycles. The van der Waals surface area contributed by atoms with Crippen molar-refractivity contribution in [1.29, 1.82) is 0 Å². The Morgan fingerprint density at radius 2 is 1.76 bits per heavy atom. The van der Waals surface area contributed by atoms with Crippen molar-refractivity contribution in [1.82, 2.24) is 14.5 Å². The molecule has 8 nitrogen and oxygen atoms in total. The van der Waals surface area contributed by atoms with Gasteiger partial charge in [0, 0.05) is 18.3 Å². The number of hydrogen-bond donors (Lipinski definition) is 2. The van der Waals surface area contributed by atoms with Crippen LogP contribution in [0.25, 0.3) is 10.9 Å². The van der Waals surface area contributed by atoms with Crippen molar-refractivity contribution in [2.75, 3.05) is 0 Å². The minimum absolute atomic E-state index is 0.0807. The van der Waals surface area contributed by atoms with Crippen molar-refractivity contribution in [3.05, 3.63) is 69.3 Å². The topological polar surface area (TPSA) is 116 Å². The molecule has 0 atom stereocenters. The first-order valence-electron chi connectivity index (χ1n) is 11.6. The van der Waals surface area contributed by atoms with Gasteiger partial charge in [-0.25, -0.2) is 0 Å². The zero-order valence-corrected chi connectivity index (χ0v) is 19.8. The number of carbonyl (C=O) groups excluding carboxylic acids is 3. The number of Topliss-reactive ketones (excluding diaryl/α,β-unsaturated/α-hetero) is 1. The fraction of sp³-hybridized carbons (Fsp3) is 0.385. The van der Waals surface area contributed by atoms with E-state index in [1.165, 1.54) is 4.57 Å². The molecule has 2 amide bonds. The third kappa shape index (κ3) is 3.83. The number of fused-ring (bicyclic) bond motifs is 1. The third-order valence-corrected chi connectivity index (χ3v) is 7.05. The van der Waals surface area contributed by atoms with E-state index in [-0.39, 0.29) is 17.9 Å². The van der Waals surface area contributed by atoms with Crippen LogP contribution >= 0.6 is 0 Å². The van der Waals surface area contributed by atoms with Gasteiger partial charge in [-0.3, -0.25) is 19.2 Å². The Hall–Kier alpha value is -3.68. The summed E-state index contributed by atoms with van der Waals surface area (Å²) in [6, 6.07) is 10.7. The Morgan fingerprint density at radius 3 is 2.35 bits per heavy atom. The van der Waals surface area contributed by atoms with Gasteiger partial charge in [0.15, 0.2) is 5.78 Å². The number of aromatic nitrogens is 2. The first-order chi connectivity index (χ1) is 16.2. The normalized spacial score (nSPS) is 14.9. The number of rotatable bonds is 7. The molecule has 0 saturated heterocycles. The summed E-state index contributed by atoms with van der Waals surface area (Å²) in [7, 11) is 1.73. The molecule has 3 N–H and O–H groups in total. The number of hydrogen-bond acceptors (Lipinski definition) is 4. The summed E-state index contributed by atoms with van der Waals surface area (Å²) >= 11 is 0. The molecule has 0 bridgehead atoms. The van der Waals surface area contributed by atoms with E-state index in [0.717, 1.165) is 12.8 Å². The van der Waals surface area contributed by atoms with E-state index in [9.17, 15) is 19.2 Å². The molecule has 3 aromatic rings. The number of ketones is 1. The number of nitrogens with two attached hydrogens (primary N) is 1. The standard InChI is InChI=1S/C26H30N4O4/c1-4-18-14-19-21(24(33)30(18)15-20(31)17-10-6-5-7-11-17)16(2)22(29(19)3)23(32)28-26(25(27)34)12-8-9-13-26/h5-7,10-11,14H,4,8-9,12-13,15H2,1-3H3,(H2,27,34)(H,28,32). The smallest absolute Gasteiger partial charge is 0.269 e. The molecular formula is C26H30N4O4. The first kappa shape index (κ1) is 23.5. The second-order valence-corrected chi connectivity index (χ2v) is 9.07. The summed E-state index contributed by atoms with van der Waals surface area (Å²) in [5, 5.41) is 3.26. The predicted octanol–water partition coefficient (Wildman–Crippen LogP) is 2.62. The van der Waals surface area contributed by atoms with Crippen LogP contribution in [0.2, 0.25) is 0 Å². The molecule has 2 aromatic heterocycles. The maximum Gasteiger partial charge on any atom is 0.269 e. The highest BCUT2D eigenvalue weighted by molar-refractivity contribution is 6.04. The van der Waals surface area contributed by atoms with Gasteiger partial charge in [-0.15, -0.1) is 0 Å². The molecule has 1 fully saturated rings. The molecule has 1 aliphatic rings. The predicted molar refractivity (Wildman–Crippen MR) is 130 cm³/mol. The first-order valence-corrected chi connectivity index (χ1v) is 11.6. The molecule has 34 heavy (non-hydrogen) atoms. The van der Waals surface area contributed by atoms with Gasteiger partial charge in [-0.05, 0) is 37.8 Å². The average Bonchev–Trinajstić information content (AvgIpc) is 3.39. The summed E-state index contributed by atoms with van der Waals surface area (Å²) in [5.41, 5.74) is 6.96. The van der Waals surface area contributed by atoms with Crippen LogP contribution in [0.1, 0.15) is 64.7 Å². The second-order valence-electron chi connectivity index (χ2n) is 9.07. The zero-order chi connectivity index (χ0) is 24.6. The number of benzene rings is 1. The molecule has 1 aromatic carbocycles. The number of aryl methyl sites for hydroxylation is 3. The number of nitrogens with one attached hydrogen (secondary N) is 1. The van der Waals surface area contributed by atoms with Crippen LogP contribution in [0.4, 0.5) is 0 Å². The summed E-state index contributed by atoms with van der Waals surface area (Å²) in [4.78, 5) is 51.9. The van der Waals surface area contributed by atoms with Crippen molar-refractivity contribution >= 4 is 28.5 Å². The van der Waals surface area contributed by atoms with Crippen LogP contribution in [-0.2, 0) is 24.8 Å². The largest absolute Gasteiger partial charge is 0.368 e. The lowest BCUT2D eigenvalue weighted by molar-refractivity contribution is -0.123. The van der Waals surface area contributed by atoms with Gasteiger partial charge in [-0.1, -0.05) is 50.1 Å². The SMILES string of the molecule is CCc1cc2c(c(C)c(C(=O)NC3(C(N)=O)CCCC3)n2C)c(=O)n1CC(=O)c1ccccc1. The zero-order valence-electron chi connectivity index (χ0n) is 19.8. The summed E-state index contributed by atoms with van der Waals surface area (Å²) in [6.45, 7) is 3.56. The maximum atomic E-state index is 13.6. The van der Waals surface area contributed by atoms with Gasteiger partial charge in [-0.2, -0.15) is 0 Å². The Labute approximate surface area is 197 Å². The van der Waals surface area contributed by atoms with Crippen LogP contribution in [0.15, 0.2) is 41.2 Å². The number of amides is 2. The Balaban J connectivity index is 1.79. The van der Waals surface area contributed by atoms with Gasteiger partial charge >= 0.3 is 0 Å². The quantitative estimate of drug-likeness (QED) is 0.525. The Morgan fingerprint density at radius 1 is 1.12 bits per heavy atom. The molecule has 4 rings (SSSR count). The lowest BCUT2D eigenvalue weighted by Crippen LogP contribution is -2.55. The minimum atomic E-state index is -1.06. The van der Waals surface area contributed by atoms with E-state index in [1.54, 1.807) is 42.8 Å². The van der Waals surface area contributed by atoms with Crippen molar-refractivity contribution < 1.29 is 14.4 Å². The fourth-order valence-corrected chi connectivity index (χ4v) is 5.13. The lowest BCUT2D eigenvalue weighted by Gasteiger charge is -2.26. The van der Waals surface area contributed by atoms with Gasteiger partial charge in [0.2, 0.25) is 5.91 Å². The molecule has 1 aliphatic carbocycles. The molecule has 0 unspecified atom stereocenters. The maximum absolute atomic E-state index is 13.6. The molecule has 178 valence electrons. The average molecular weight is 463 g/mol. The lowest BCUT2D eigenvalue weighted by atomic mass is 9.96. The molecule has 8 heteroatoms. The van der Waals surface area contributed by atoms with E-state index in [4.69, 9.17) is 5.73 Å². The summed E-state index contributed by atoms with van der Waals surface area (Å²) in [5.74, 6) is -1.13. The van der Waals surface area contributed by atoms with Gasteiger partial charge in [0.1, 0.15) is 11.2 Å². The number of carbonyl (C=O) groups is 3. The highest BCUT2D eigenvalue weighted by atomic mass is 16.2. The van der Waals surface area contributed by atoms with Gasteiger partial charge in [0.05, 0.1) is 17.4 Å². The Kier molecular flexibility index (Phi) is 6.17. The van der Waals surface area contributed by atoms with Crippen molar-refractivity contribution in [2.24, 2.45) is 12.8 Å². The van der Waals surface area contributed by atoms with E-state index in [2.05, 4.69) is 5.32 Å². The van der Waals surface area contributed by atoms with Crippen molar-refractivity contribution in [3.8, 4) is 0 Å². The summed E-state index contributed by atoms with van der Waals surface area (Å²) in [6.07, 6.45) is 3.19. The molecule has 2 heterocycles. The highest BCUT2D eigenvalue weighted by Gasteiger charge is 2.41. The molecule has 0 spiro atoms. The molecule has 0 radical (unpaired) electrons. The van der Waals surface area contributed by atoms with Crippen molar-refractivity contribution in [3.63, 3.8) is 0 Å². The van der Waals surface area contributed by atoms with E-state index < -0.39 is 17.4 Å². The third-order valence-electron chi connectivity index (χ3n) is 7.05. The summed E-state index contributed by atoms with van der Waals surface area (Å²) < 4.78 is 3.18. The Bertz CT molecular complexity index is 1340. The number of primary amides is 1. The van der Waals surface area contributed by atoms with Gasteiger partial charge in [0.25, 0.3) is 11.5 Å². The second kappa shape index (κ2) is 8.93. The highest BCUT2D eigenvalue weighted by Crippen LogP contribution is 2.31. The fourth-order valence-electron chi connectivity index (χ4n) is 5.13. The number of pyridine rings is 1. The van der Waals surface area contributed by atoms with Gasteiger partial charge < -0.3 is 20.2 Å². The van der Waals surface area contributed by atoms with Crippen molar-refractivity contribution in [2.45, 2.75) is 58.0 Å².